The maximum Gasteiger partial charge on any atom is 0.0604 e. The Labute approximate surface area is 101 Å². The lowest BCUT2D eigenvalue weighted by molar-refractivity contribution is -0.0106. The van der Waals surface area contributed by atoms with Gasteiger partial charge in [-0.25, -0.2) is 0 Å². The van der Waals surface area contributed by atoms with Crippen molar-refractivity contribution < 1.29 is 4.74 Å². The van der Waals surface area contributed by atoms with Crippen molar-refractivity contribution >= 4 is 0 Å². The van der Waals surface area contributed by atoms with Crippen molar-refractivity contribution in [2.45, 2.75) is 71.4 Å². The molecule has 0 radical (unpaired) electrons. The van der Waals surface area contributed by atoms with E-state index >= 15 is 0 Å². The number of hydrogen-bond acceptors (Lipinski definition) is 2. The first-order valence-electron chi connectivity index (χ1n) is 7.15. The number of rotatable bonds is 9. The van der Waals surface area contributed by atoms with Gasteiger partial charge in [-0.05, 0) is 38.6 Å². The highest BCUT2D eigenvalue weighted by atomic mass is 16.5. The van der Waals surface area contributed by atoms with Crippen molar-refractivity contribution in [3.63, 3.8) is 0 Å². The van der Waals surface area contributed by atoms with Crippen molar-refractivity contribution in [3.05, 3.63) is 0 Å². The zero-order chi connectivity index (χ0) is 11.8. The SMILES string of the molecule is CCCCC(CC)CNC1CC(OCC)C1. The summed E-state index contributed by atoms with van der Waals surface area (Å²) in [5.74, 6) is 0.881. The molecule has 2 heteroatoms. The molecule has 1 aliphatic rings. The molecule has 0 amide bonds. The van der Waals surface area contributed by atoms with Crippen LogP contribution in [-0.4, -0.2) is 25.3 Å². The fourth-order valence-corrected chi connectivity index (χ4v) is 2.38. The number of unbranched alkanes of at least 4 members (excludes halogenated alkanes) is 1. The molecule has 96 valence electrons. The zero-order valence-electron chi connectivity index (χ0n) is 11.3. The number of nitrogens with one attached hydrogen (secondary N) is 1. The summed E-state index contributed by atoms with van der Waals surface area (Å²) in [6, 6.07) is 0.729. The summed E-state index contributed by atoms with van der Waals surface area (Å²) in [4.78, 5) is 0. The van der Waals surface area contributed by atoms with Gasteiger partial charge >= 0.3 is 0 Å². The van der Waals surface area contributed by atoms with E-state index in [0.29, 0.717) is 6.10 Å². The van der Waals surface area contributed by atoms with Crippen LogP contribution in [-0.2, 0) is 4.74 Å². The minimum atomic E-state index is 0.540. The second kappa shape index (κ2) is 8.08. The van der Waals surface area contributed by atoms with Crippen molar-refractivity contribution in [1.29, 1.82) is 0 Å². The molecule has 1 rings (SSSR count). The van der Waals surface area contributed by atoms with Gasteiger partial charge in [-0.3, -0.25) is 0 Å². The van der Waals surface area contributed by atoms with Crippen LogP contribution in [0.1, 0.15) is 59.3 Å². The second-order valence-electron chi connectivity index (χ2n) is 5.07. The summed E-state index contributed by atoms with van der Waals surface area (Å²) >= 11 is 0. The van der Waals surface area contributed by atoms with Gasteiger partial charge in [0.25, 0.3) is 0 Å². The Hall–Kier alpha value is -0.0800. The van der Waals surface area contributed by atoms with Gasteiger partial charge in [0.2, 0.25) is 0 Å². The average Bonchev–Trinajstić information content (AvgIpc) is 2.25. The largest absolute Gasteiger partial charge is 0.378 e. The Bertz CT molecular complexity index is 166. The van der Waals surface area contributed by atoms with Gasteiger partial charge in [0, 0.05) is 12.6 Å². The second-order valence-corrected chi connectivity index (χ2v) is 5.07. The molecule has 0 heterocycles. The van der Waals surface area contributed by atoms with E-state index in [-0.39, 0.29) is 0 Å². The van der Waals surface area contributed by atoms with Crippen LogP contribution in [0, 0.1) is 5.92 Å². The standard InChI is InChI=1S/C14H29NO/c1-4-7-8-12(5-2)11-15-13-9-14(10-13)16-6-3/h12-15H,4-11H2,1-3H3. The lowest BCUT2D eigenvalue weighted by Gasteiger charge is -2.36. The van der Waals surface area contributed by atoms with Gasteiger partial charge < -0.3 is 10.1 Å². The summed E-state index contributed by atoms with van der Waals surface area (Å²) in [5, 5.41) is 3.69. The summed E-state index contributed by atoms with van der Waals surface area (Å²) in [7, 11) is 0. The van der Waals surface area contributed by atoms with E-state index in [2.05, 4.69) is 26.1 Å². The monoisotopic (exact) mass is 227 g/mol. The van der Waals surface area contributed by atoms with Crippen LogP contribution in [0.15, 0.2) is 0 Å². The van der Waals surface area contributed by atoms with Crippen molar-refractivity contribution in [2.75, 3.05) is 13.2 Å². The first-order chi connectivity index (χ1) is 7.80. The van der Waals surface area contributed by atoms with E-state index in [9.17, 15) is 0 Å². The van der Waals surface area contributed by atoms with Gasteiger partial charge in [0.05, 0.1) is 6.10 Å². The van der Waals surface area contributed by atoms with Gasteiger partial charge in [-0.15, -0.1) is 0 Å². The molecule has 0 aromatic carbocycles. The first-order valence-corrected chi connectivity index (χ1v) is 7.15. The highest BCUT2D eigenvalue weighted by Gasteiger charge is 2.29. The maximum absolute atomic E-state index is 5.57. The van der Waals surface area contributed by atoms with Crippen molar-refractivity contribution in [2.24, 2.45) is 5.92 Å². The maximum atomic E-state index is 5.57. The van der Waals surface area contributed by atoms with Gasteiger partial charge in [-0.2, -0.15) is 0 Å². The molecule has 16 heavy (non-hydrogen) atoms. The summed E-state index contributed by atoms with van der Waals surface area (Å²) < 4.78 is 5.57. The van der Waals surface area contributed by atoms with Crippen LogP contribution in [0.25, 0.3) is 0 Å². The van der Waals surface area contributed by atoms with Crippen LogP contribution >= 0.6 is 0 Å². The topological polar surface area (TPSA) is 21.3 Å². The molecule has 1 saturated carbocycles. The average molecular weight is 227 g/mol. The molecular formula is C14H29NO. The molecule has 0 aromatic heterocycles. The Morgan fingerprint density at radius 2 is 2.00 bits per heavy atom. The van der Waals surface area contributed by atoms with Crippen molar-refractivity contribution in [3.8, 4) is 0 Å². The van der Waals surface area contributed by atoms with Gasteiger partial charge in [0.1, 0.15) is 0 Å². The first kappa shape index (κ1) is 14.0. The number of ether oxygens (including phenoxy) is 1. The Balaban J connectivity index is 2.01. The van der Waals surface area contributed by atoms with Crippen LogP contribution in [0.4, 0.5) is 0 Å². The van der Waals surface area contributed by atoms with E-state index in [1.807, 2.05) is 0 Å². The minimum Gasteiger partial charge on any atom is -0.378 e. The molecule has 1 aliphatic carbocycles. The molecule has 0 saturated heterocycles. The Kier molecular flexibility index (Phi) is 7.06. The summed E-state index contributed by atoms with van der Waals surface area (Å²) in [5.41, 5.74) is 0. The smallest absolute Gasteiger partial charge is 0.0604 e. The molecule has 1 unspecified atom stereocenters. The molecule has 0 aliphatic heterocycles. The fraction of sp³-hybridized carbons (Fsp3) is 1.00. The normalized spacial score (nSPS) is 26.4. The predicted molar refractivity (Wildman–Crippen MR) is 69.7 cm³/mol. The molecule has 1 fully saturated rings. The van der Waals surface area contributed by atoms with Crippen molar-refractivity contribution in [1.82, 2.24) is 5.32 Å². The molecule has 2 nitrogen and oxygen atoms in total. The van der Waals surface area contributed by atoms with E-state index < -0.39 is 0 Å². The van der Waals surface area contributed by atoms with Gasteiger partial charge in [0.15, 0.2) is 0 Å². The quantitative estimate of drug-likeness (QED) is 0.652. The van der Waals surface area contributed by atoms with Crippen LogP contribution in [0.2, 0.25) is 0 Å². The van der Waals surface area contributed by atoms with Crippen LogP contribution in [0.3, 0.4) is 0 Å². The Morgan fingerprint density at radius 1 is 1.25 bits per heavy atom. The molecule has 1 N–H and O–H groups in total. The number of hydrogen-bond donors (Lipinski definition) is 1. The summed E-state index contributed by atoms with van der Waals surface area (Å²) in [6.07, 6.45) is 8.39. The minimum absolute atomic E-state index is 0.540. The van der Waals surface area contributed by atoms with Crippen LogP contribution in [0.5, 0.6) is 0 Å². The lowest BCUT2D eigenvalue weighted by Crippen LogP contribution is -2.46. The Morgan fingerprint density at radius 3 is 2.56 bits per heavy atom. The third-order valence-electron chi connectivity index (χ3n) is 3.74. The van der Waals surface area contributed by atoms with E-state index in [4.69, 9.17) is 4.74 Å². The lowest BCUT2D eigenvalue weighted by atomic mass is 9.88. The van der Waals surface area contributed by atoms with Gasteiger partial charge in [-0.1, -0.05) is 33.1 Å². The summed E-state index contributed by atoms with van der Waals surface area (Å²) in [6.45, 7) is 8.74. The van der Waals surface area contributed by atoms with E-state index in [1.165, 1.54) is 45.1 Å². The van der Waals surface area contributed by atoms with Crippen LogP contribution < -0.4 is 5.32 Å². The predicted octanol–water partition coefficient (Wildman–Crippen LogP) is 3.36. The third kappa shape index (κ3) is 4.84. The zero-order valence-corrected chi connectivity index (χ0v) is 11.3. The molecule has 0 bridgehead atoms. The fourth-order valence-electron chi connectivity index (χ4n) is 2.38. The van der Waals surface area contributed by atoms with E-state index in [0.717, 1.165) is 18.6 Å². The molecule has 0 aromatic rings. The molecular weight excluding hydrogens is 198 g/mol. The third-order valence-corrected chi connectivity index (χ3v) is 3.74. The highest BCUT2D eigenvalue weighted by Crippen LogP contribution is 2.23. The molecule has 1 atom stereocenters. The molecule has 0 spiro atoms. The van der Waals surface area contributed by atoms with E-state index in [1.54, 1.807) is 0 Å². The highest BCUT2D eigenvalue weighted by molar-refractivity contribution is 4.86.